The van der Waals surface area contributed by atoms with E-state index in [4.69, 9.17) is 0 Å². The minimum atomic E-state index is 0.723. The molecular weight excluding hydrogens is 442 g/mol. The van der Waals surface area contributed by atoms with E-state index in [1.165, 1.54) is 21.2 Å². The Morgan fingerprint density at radius 3 is 2.22 bits per heavy atom. The van der Waals surface area contributed by atoms with Gasteiger partial charge in [0.1, 0.15) is 0 Å². The summed E-state index contributed by atoms with van der Waals surface area (Å²) in [5, 5.41) is 14.2. The van der Waals surface area contributed by atoms with E-state index in [0.717, 1.165) is 27.7 Å². The fourth-order valence-corrected chi connectivity index (χ4v) is 4.77. The third-order valence-electron chi connectivity index (χ3n) is 3.59. The number of fused-ring (bicyclic) bond motifs is 2. The van der Waals surface area contributed by atoms with Gasteiger partial charge in [-0.3, -0.25) is 0 Å². The van der Waals surface area contributed by atoms with Gasteiger partial charge in [-0.25, -0.2) is 0 Å². The number of tetrazole rings is 1. The molecular formula is C15H11Br2N5S. The van der Waals surface area contributed by atoms with Gasteiger partial charge in [0, 0.05) is 31.7 Å². The molecule has 0 amide bonds. The molecule has 0 unspecified atom stereocenters. The summed E-state index contributed by atoms with van der Waals surface area (Å²) in [5.41, 5.74) is 2.41. The zero-order valence-corrected chi connectivity index (χ0v) is 15.8. The van der Waals surface area contributed by atoms with Crippen molar-refractivity contribution >= 4 is 55.0 Å². The number of nitrogens with zero attached hydrogens (tertiary/aromatic N) is 4. The van der Waals surface area contributed by atoms with Crippen LogP contribution in [0.5, 0.6) is 0 Å². The average Bonchev–Trinajstić information content (AvgIpc) is 3.04. The van der Waals surface area contributed by atoms with E-state index in [1.54, 1.807) is 11.8 Å². The van der Waals surface area contributed by atoms with Crippen LogP contribution in [0.4, 0.5) is 11.4 Å². The minimum absolute atomic E-state index is 0.723. The Labute approximate surface area is 154 Å². The number of anilines is 2. The summed E-state index contributed by atoms with van der Waals surface area (Å²) in [4.78, 5) is 4.78. The van der Waals surface area contributed by atoms with E-state index in [0.29, 0.717) is 0 Å². The number of halogens is 2. The van der Waals surface area contributed by atoms with Crippen LogP contribution in [0.1, 0.15) is 5.82 Å². The van der Waals surface area contributed by atoms with Gasteiger partial charge in [-0.15, -0.1) is 10.2 Å². The van der Waals surface area contributed by atoms with Gasteiger partial charge < -0.3 is 4.90 Å². The molecule has 0 radical (unpaired) electrons. The van der Waals surface area contributed by atoms with Crippen LogP contribution in [-0.2, 0) is 6.42 Å². The van der Waals surface area contributed by atoms with Crippen LogP contribution in [0, 0.1) is 0 Å². The smallest absolute Gasteiger partial charge is 0.176 e. The molecule has 1 N–H and O–H groups in total. The Kier molecular flexibility index (Phi) is 4.13. The van der Waals surface area contributed by atoms with Crippen molar-refractivity contribution < 1.29 is 0 Å². The van der Waals surface area contributed by atoms with Gasteiger partial charge in [-0.1, -0.05) is 48.8 Å². The molecule has 116 valence electrons. The number of aromatic amines is 1. The summed E-state index contributed by atoms with van der Waals surface area (Å²) in [5.74, 6) is 0.723. The lowest BCUT2D eigenvalue weighted by molar-refractivity contribution is 0.833. The van der Waals surface area contributed by atoms with Gasteiger partial charge in [0.25, 0.3) is 0 Å². The second-order valence-corrected chi connectivity index (χ2v) is 7.97. The van der Waals surface area contributed by atoms with E-state index >= 15 is 0 Å². The normalized spacial score (nSPS) is 12.9. The summed E-state index contributed by atoms with van der Waals surface area (Å²) in [6.07, 6.45) is 0.728. The highest BCUT2D eigenvalue weighted by molar-refractivity contribution is 9.10. The molecule has 1 aliphatic heterocycles. The molecule has 1 aromatic heterocycles. The summed E-state index contributed by atoms with van der Waals surface area (Å²) in [7, 11) is 0. The topological polar surface area (TPSA) is 57.7 Å². The van der Waals surface area contributed by atoms with E-state index < -0.39 is 0 Å². The third-order valence-corrected chi connectivity index (χ3v) is 5.67. The fraction of sp³-hybridized carbons (Fsp3) is 0.133. The van der Waals surface area contributed by atoms with Crippen molar-refractivity contribution in [1.82, 2.24) is 20.6 Å². The van der Waals surface area contributed by atoms with Gasteiger partial charge in [0.05, 0.1) is 11.4 Å². The standard InChI is InChI=1S/C15H11Br2N5S/c16-9-1-3-11-13(7-9)23-14-8-10(17)2-4-12(14)22(11)6-5-15-18-20-21-19-15/h1-4,7-8H,5-6H2,(H,18,19,20,21). The molecule has 2 heterocycles. The van der Waals surface area contributed by atoms with Crippen molar-refractivity contribution in [3.63, 3.8) is 0 Å². The lowest BCUT2D eigenvalue weighted by atomic mass is 10.2. The Morgan fingerprint density at radius 1 is 1.00 bits per heavy atom. The number of hydrogen-bond donors (Lipinski definition) is 1. The Hall–Kier alpha value is -1.38. The number of aromatic nitrogens is 4. The largest absolute Gasteiger partial charge is 0.339 e. The lowest BCUT2D eigenvalue weighted by Gasteiger charge is -2.32. The van der Waals surface area contributed by atoms with E-state index in [9.17, 15) is 0 Å². The average molecular weight is 453 g/mol. The SMILES string of the molecule is Brc1ccc2c(c1)Sc1cc(Br)ccc1N2CCc1nn[nH]n1. The van der Waals surface area contributed by atoms with Crippen LogP contribution >= 0.6 is 43.6 Å². The molecule has 1 aliphatic rings. The van der Waals surface area contributed by atoms with Crippen molar-refractivity contribution in [2.45, 2.75) is 16.2 Å². The van der Waals surface area contributed by atoms with Gasteiger partial charge in [0.2, 0.25) is 0 Å². The molecule has 23 heavy (non-hydrogen) atoms. The molecule has 4 rings (SSSR count). The molecule has 8 heteroatoms. The zero-order chi connectivity index (χ0) is 15.8. The predicted octanol–water partition coefficient (Wildman–Crippen LogP) is 4.57. The third kappa shape index (κ3) is 3.02. The highest BCUT2D eigenvalue weighted by Crippen LogP contribution is 2.49. The first-order valence-corrected chi connectivity index (χ1v) is 9.38. The first-order chi connectivity index (χ1) is 11.2. The molecule has 0 aliphatic carbocycles. The van der Waals surface area contributed by atoms with Gasteiger partial charge in [-0.2, -0.15) is 5.21 Å². The first-order valence-electron chi connectivity index (χ1n) is 6.97. The highest BCUT2D eigenvalue weighted by Gasteiger charge is 2.24. The Morgan fingerprint density at radius 2 is 1.65 bits per heavy atom. The van der Waals surface area contributed by atoms with Crippen molar-refractivity contribution in [2.24, 2.45) is 0 Å². The monoisotopic (exact) mass is 451 g/mol. The number of benzene rings is 2. The minimum Gasteiger partial charge on any atom is -0.339 e. The van der Waals surface area contributed by atoms with Gasteiger partial charge in [0.15, 0.2) is 5.82 Å². The molecule has 2 aromatic carbocycles. The van der Waals surface area contributed by atoms with E-state index in [-0.39, 0.29) is 0 Å². The molecule has 0 spiro atoms. The predicted molar refractivity (Wildman–Crippen MR) is 97.3 cm³/mol. The number of nitrogens with one attached hydrogen (secondary N) is 1. The molecule has 0 fully saturated rings. The molecule has 3 aromatic rings. The van der Waals surface area contributed by atoms with Crippen molar-refractivity contribution in [3.8, 4) is 0 Å². The van der Waals surface area contributed by atoms with Crippen molar-refractivity contribution in [3.05, 3.63) is 51.2 Å². The van der Waals surface area contributed by atoms with E-state index in [1.807, 2.05) is 0 Å². The van der Waals surface area contributed by atoms with Crippen molar-refractivity contribution in [2.75, 3.05) is 11.4 Å². The molecule has 0 saturated heterocycles. The lowest BCUT2D eigenvalue weighted by Crippen LogP contribution is -2.23. The van der Waals surface area contributed by atoms with Crippen LogP contribution < -0.4 is 4.90 Å². The Balaban J connectivity index is 1.74. The summed E-state index contributed by atoms with van der Waals surface area (Å²) in [6.45, 7) is 0.795. The zero-order valence-electron chi connectivity index (χ0n) is 11.8. The van der Waals surface area contributed by atoms with Crippen LogP contribution in [0.25, 0.3) is 0 Å². The summed E-state index contributed by atoms with van der Waals surface area (Å²) >= 11 is 8.91. The van der Waals surface area contributed by atoms with Crippen LogP contribution in [-0.4, -0.2) is 27.2 Å². The number of hydrogen-bond acceptors (Lipinski definition) is 5. The Bertz CT molecular complexity index is 802. The second-order valence-electron chi connectivity index (χ2n) is 5.06. The van der Waals surface area contributed by atoms with Gasteiger partial charge in [-0.05, 0) is 36.4 Å². The van der Waals surface area contributed by atoms with Crippen LogP contribution in [0.2, 0.25) is 0 Å². The molecule has 0 bridgehead atoms. The van der Waals surface area contributed by atoms with Gasteiger partial charge >= 0.3 is 0 Å². The maximum absolute atomic E-state index is 4.05. The van der Waals surface area contributed by atoms with Crippen LogP contribution in [0.3, 0.4) is 0 Å². The summed E-state index contributed by atoms with van der Waals surface area (Å²) < 4.78 is 2.17. The molecule has 5 nitrogen and oxygen atoms in total. The first kappa shape index (κ1) is 15.2. The fourth-order valence-electron chi connectivity index (χ4n) is 2.57. The molecule has 0 saturated carbocycles. The van der Waals surface area contributed by atoms with Crippen LogP contribution in [0.15, 0.2) is 55.1 Å². The highest BCUT2D eigenvalue weighted by atomic mass is 79.9. The maximum Gasteiger partial charge on any atom is 0.176 e. The maximum atomic E-state index is 4.05. The molecule has 0 atom stereocenters. The number of H-pyrrole nitrogens is 1. The number of rotatable bonds is 3. The second kappa shape index (κ2) is 6.26. The van der Waals surface area contributed by atoms with E-state index in [2.05, 4.69) is 93.8 Å². The quantitative estimate of drug-likeness (QED) is 0.630. The summed E-state index contributed by atoms with van der Waals surface area (Å²) in [6, 6.07) is 12.8. The van der Waals surface area contributed by atoms with Crippen molar-refractivity contribution in [1.29, 1.82) is 0 Å².